The first-order valence-corrected chi connectivity index (χ1v) is 19.1. The molecule has 314 valence electrons. The highest BCUT2D eigenvalue weighted by atomic mass is 35.5. The number of benzene rings is 2. The topological polar surface area (TPSA) is 173 Å². The van der Waals surface area contributed by atoms with Crippen LogP contribution in [0, 0.1) is 17.6 Å². The highest BCUT2D eigenvalue weighted by molar-refractivity contribution is 7.92. The summed E-state index contributed by atoms with van der Waals surface area (Å²) >= 11 is 6.38. The van der Waals surface area contributed by atoms with Crippen LogP contribution in [0.5, 0.6) is 0 Å². The molecular formula is C34H25ClF10N8O5S. The van der Waals surface area contributed by atoms with Crippen molar-refractivity contribution >= 4 is 56.2 Å². The normalized spacial score (nSPS) is 17.7. The van der Waals surface area contributed by atoms with Crippen molar-refractivity contribution in [3.05, 3.63) is 87.3 Å². The lowest BCUT2D eigenvalue weighted by Gasteiger charge is -2.23. The van der Waals surface area contributed by atoms with Crippen molar-refractivity contribution in [2.75, 3.05) is 16.3 Å². The third-order valence-corrected chi connectivity index (χ3v) is 10.3. The second-order valence-electron chi connectivity index (χ2n) is 13.8. The van der Waals surface area contributed by atoms with Gasteiger partial charge in [0.1, 0.15) is 36.2 Å². The summed E-state index contributed by atoms with van der Waals surface area (Å²) in [6.45, 7) is -3.10. The zero-order valence-electron chi connectivity index (χ0n) is 29.5. The van der Waals surface area contributed by atoms with Gasteiger partial charge in [-0.25, -0.2) is 27.0 Å². The molecule has 4 N–H and O–H groups in total. The number of sulfonamides is 1. The van der Waals surface area contributed by atoms with E-state index in [9.17, 15) is 58.2 Å². The van der Waals surface area contributed by atoms with E-state index >= 15 is 8.78 Å². The Morgan fingerprint density at radius 3 is 2.27 bits per heavy atom. The van der Waals surface area contributed by atoms with Crippen LogP contribution in [0.25, 0.3) is 22.0 Å². The third-order valence-electron chi connectivity index (χ3n) is 9.42. The molecule has 2 amide bonds. The van der Waals surface area contributed by atoms with Crippen LogP contribution in [0.1, 0.15) is 46.6 Å². The lowest BCUT2D eigenvalue weighted by atomic mass is 9.94. The lowest BCUT2D eigenvalue weighted by Crippen LogP contribution is -2.35. The number of anilines is 2. The number of carboxylic acid groups (broad SMARTS) is 1. The van der Waals surface area contributed by atoms with E-state index in [0.29, 0.717) is 17.0 Å². The predicted octanol–water partition coefficient (Wildman–Crippen LogP) is 7.58. The number of carbonyl (C=O) groups excluding carboxylic acids is 1. The SMILES string of the molecule is CS(=O)(=O)Nc1nn(CC(F)(F)F)c2c(-c3ccc(NC(=O)O)nc3[C@H](Cc3cc(F)cc(F)c3)NC(=O)Cn3nc(C(F)(F)F)c4c3C(F)(F)[C@@H]3C[C@H]43)ccc(Cl)c12. The van der Waals surface area contributed by atoms with E-state index < -0.39 is 129 Å². The minimum atomic E-state index is -5.18. The van der Waals surface area contributed by atoms with Gasteiger partial charge in [-0.2, -0.15) is 45.3 Å². The number of aromatic nitrogens is 5. The number of pyridine rings is 1. The summed E-state index contributed by atoms with van der Waals surface area (Å²) in [4.78, 5) is 29.7. The van der Waals surface area contributed by atoms with Gasteiger partial charge in [-0.05, 0) is 54.7 Å². The van der Waals surface area contributed by atoms with E-state index in [4.69, 9.17) is 11.6 Å². The Morgan fingerprint density at radius 1 is 1.00 bits per heavy atom. The number of amides is 2. The molecule has 0 bridgehead atoms. The van der Waals surface area contributed by atoms with Gasteiger partial charge >= 0.3 is 18.4 Å². The smallest absolute Gasteiger partial charge is 0.435 e. The molecule has 2 aliphatic rings. The van der Waals surface area contributed by atoms with Crippen LogP contribution in [0.2, 0.25) is 5.02 Å². The second kappa shape index (κ2) is 14.3. The highest BCUT2D eigenvalue weighted by Gasteiger charge is 2.68. The molecule has 2 aromatic carbocycles. The van der Waals surface area contributed by atoms with Crippen LogP contribution in [0.4, 0.5) is 60.3 Å². The standard InChI is InChI=1S/C34H25ClF10N8O5S/c1-59(57,58)51-30-25-20(35)4-2-17(27(25)53(50-30)12-32(38,39)40)16-3-5-22(48-31(55)56)47-26(16)21(8-13-6-14(36)9-15(37)7-13)46-23(54)11-52-29-24(28(49-52)34(43,44)45)18-10-19(18)33(29,41)42/h2-7,9,18-19,21H,8,10-12H2,1H3,(H,46,54)(H,47,48)(H,50,51)(H,55,56)/t18-,19+,21-/m0/s1. The number of carbonyl (C=O) groups is 2. The lowest BCUT2D eigenvalue weighted by molar-refractivity contribution is -0.142. The molecular weight excluding hydrogens is 858 g/mol. The third kappa shape index (κ3) is 8.31. The van der Waals surface area contributed by atoms with Crippen LogP contribution in [0.3, 0.4) is 0 Å². The monoisotopic (exact) mass is 882 g/mol. The summed E-state index contributed by atoms with van der Waals surface area (Å²) in [5.74, 6) is -11.1. The fourth-order valence-electron chi connectivity index (χ4n) is 7.33. The first kappa shape index (κ1) is 41.5. The first-order chi connectivity index (χ1) is 27.3. The van der Waals surface area contributed by atoms with Gasteiger partial charge in [-0.1, -0.05) is 17.7 Å². The molecule has 3 atom stereocenters. The Morgan fingerprint density at radius 2 is 1.66 bits per heavy atom. The maximum absolute atomic E-state index is 15.3. The largest absolute Gasteiger partial charge is 0.465 e. The van der Waals surface area contributed by atoms with E-state index in [1.165, 1.54) is 0 Å². The van der Waals surface area contributed by atoms with Crippen molar-refractivity contribution in [3.8, 4) is 11.1 Å². The van der Waals surface area contributed by atoms with Gasteiger partial charge in [0.15, 0.2) is 11.5 Å². The quantitative estimate of drug-likeness (QED) is 0.0984. The summed E-state index contributed by atoms with van der Waals surface area (Å²) in [7, 11) is -4.20. The maximum Gasteiger partial charge on any atom is 0.435 e. The molecule has 2 aliphatic carbocycles. The van der Waals surface area contributed by atoms with E-state index in [0.717, 1.165) is 36.4 Å². The fourth-order valence-corrected chi connectivity index (χ4v) is 8.06. The van der Waals surface area contributed by atoms with Crippen molar-refractivity contribution in [2.45, 2.75) is 56.2 Å². The Labute approximate surface area is 329 Å². The Kier molecular flexibility index (Phi) is 10.0. The van der Waals surface area contributed by atoms with Crippen LogP contribution in [0.15, 0.2) is 42.5 Å². The Balaban J connectivity index is 1.41. The first-order valence-electron chi connectivity index (χ1n) is 16.9. The number of hydrogen-bond donors (Lipinski definition) is 4. The minimum absolute atomic E-state index is 0.198. The van der Waals surface area contributed by atoms with Gasteiger partial charge in [0, 0.05) is 28.7 Å². The average Bonchev–Trinajstić information content (AvgIpc) is 3.60. The molecule has 1 saturated carbocycles. The molecule has 3 heterocycles. The van der Waals surface area contributed by atoms with E-state index in [2.05, 4.69) is 20.5 Å². The molecule has 0 radical (unpaired) electrons. The van der Waals surface area contributed by atoms with Crippen molar-refractivity contribution in [1.29, 1.82) is 0 Å². The number of nitrogens with zero attached hydrogens (tertiary/aromatic N) is 5. The summed E-state index contributed by atoms with van der Waals surface area (Å²) in [6.07, 6.45) is -12.1. The summed E-state index contributed by atoms with van der Waals surface area (Å²) in [6, 6.07) is 4.81. The van der Waals surface area contributed by atoms with Crippen molar-refractivity contribution < 1.29 is 67.0 Å². The van der Waals surface area contributed by atoms with Crippen molar-refractivity contribution in [1.82, 2.24) is 29.9 Å². The van der Waals surface area contributed by atoms with E-state index in [1.54, 1.807) is 0 Å². The fraction of sp³-hybridized carbons (Fsp3) is 0.324. The van der Waals surface area contributed by atoms with Gasteiger partial charge in [0.2, 0.25) is 15.9 Å². The molecule has 0 spiro atoms. The molecule has 13 nitrogen and oxygen atoms in total. The van der Waals surface area contributed by atoms with Gasteiger partial charge in [0.25, 0.3) is 5.92 Å². The molecule has 25 heteroatoms. The summed E-state index contributed by atoms with van der Waals surface area (Å²) < 4.78 is 170. The van der Waals surface area contributed by atoms with E-state index in [-0.39, 0.29) is 38.2 Å². The van der Waals surface area contributed by atoms with Crippen molar-refractivity contribution in [3.63, 3.8) is 0 Å². The maximum atomic E-state index is 15.3. The number of halogens is 11. The summed E-state index contributed by atoms with van der Waals surface area (Å²) in [5, 5.41) is 20.2. The van der Waals surface area contributed by atoms with Crippen LogP contribution in [-0.2, 0) is 46.4 Å². The van der Waals surface area contributed by atoms with Gasteiger partial charge in [0.05, 0.1) is 33.9 Å². The molecule has 7 rings (SSSR count). The summed E-state index contributed by atoms with van der Waals surface area (Å²) in [5.41, 5.74) is -5.14. The highest BCUT2D eigenvalue weighted by Crippen LogP contribution is 2.68. The number of hydrogen-bond acceptors (Lipinski definition) is 7. The number of fused-ring (bicyclic) bond motifs is 4. The van der Waals surface area contributed by atoms with Crippen LogP contribution < -0.4 is 15.4 Å². The van der Waals surface area contributed by atoms with E-state index in [1.807, 2.05) is 10.0 Å². The molecule has 5 aromatic rings. The zero-order valence-corrected chi connectivity index (χ0v) is 31.1. The molecule has 3 aromatic heterocycles. The molecule has 59 heavy (non-hydrogen) atoms. The average molecular weight is 883 g/mol. The second-order valence-corrected chi connectivity index (χ2v) is 16.0. The molecule has 0 unspecified atom stereocenters. The minimum Gasteiger partial charge on any atom is -0.465 e. The van der Waals surface area contributed by atoms with Gasteiger partial charge in [-0.15, -0.1) is 0 Å². The van der Waals surface area contributed by atoms with Gasteiger partial charge < -0.3 is 10.4 Å². The number of nitrogens with one attached hydrogen (secondary N) is 3. The predicted molar refractivity (Wildman–Crippen MR) is 187 cm³/mol. The molecule has 1 fully saturated rings. The Hall–Kier alpha value is -5.65. The number of rotatable bonds is 11. The van der Waals surface area contributed by atoms with Crippen molar-refractivity contribution in [2.24, 2.45) is 5.92 Å². The molecule has 0 aliphatic heterocycles. The van der Waals surface area contributed by atoms with Crippen LogP contribution in [-0.4, -0.2) is 62.5 Å². The molecule has 0 saturated heterocycles. The zero-order chi connectivity index (χ0) is 43.1. The van der Waals surface area contributed by atoms with Gasteiger partial charge in [-0.3, -0.25) is 24.2 Å². The number of alkyl halides is 8. The Bertz CT molecular complexity index is 2650. The van der Waals surface area contributed by atoms with Crippen LogP contribution >= 0.6 is 11.6 Å².